The maximum atomic E-state index is 12.0. The third kappa shape index (κ3) is 5.46. The first-order valence-corrected chi connectivity index (χ1v) is 8.06. The molecule has 2 rings (SSSR count). The summed E-state index contributed by atoms with van der Waals surface area (Å²) < 4.78 is 4.83. The summed E-state index contributed by atoms with van der Waals surface area (Å²) in [5.41, 5.74) is 1.63. The summed E-state index contributed by atoms with van der Waals surface area (Å²) >= 11 is 0. The molecule has 8 heteroatoms. The lowest BCUT2D eigenvalue weighted by molar-refractivity contribution is -0.385. The van der Waals surface area contributed by atoms with Crippen molar-refractivity contribution in [2.24, 2.45) is 0 Å². The first kappa shape index (κ1) is 19.8. The number of Topliss-reactive ketones (excluding diaryl/α,β-unsaturated/α-hetero) is 1. The van der Waals surface area contributed by atoms with Crippen LogP contribution in [-0.2, 0) is 9.53 Å². The summed E-state index contributed by atoms with van der Waals surface area (Å²) in [5.74, 6) is -1.79. The molecular formula is C19H18N2O6. The van der Waals surface area contributed by atoms with Crippen molar-refractivity contribution in [3.05, 3.63) is 74.8 Å². The fraction of sp³-hybridized carbons (Fsp3) is 0.211. The van der Waals surface area contributed by atoms with Crippen LogP contribution in [0.5, 0.6) is 0 Å². The Morgan fingerprint density at radius 1 is 1.07 bits per heavy atom. The van der Waals surface area contributed by atoms with E-state index in [0.29, 0.717) is 11.1 Å². The van der Waals surface area contributed by atoms with Gasteiger partial charge in [0.2, 0.25) is 5.78 Å². The molecule has 0 radical (unpaired) electrons. The number of hydrogen-bond acceptors (Lipinski definition) is 6. The SMILES string of the molecule is Cc1cccc(C(=O)NCC(=O)OCC(=O)c2ccc(C)c([N+](=O)[O-])c2)c1. The molecule has 140 valence electrons. The molecule has 0 aliphatic rings. The summed E-state index contributed by atoms with van der Waals surface area (Å²) in [4.78, 5) is 46.0. The van der Waals surface area contributed by atoms with Crippen LogP contribution in [0.3, 0.4) is 0 Å². The molecule has 2 aromatic carbocycles. The van der Waals surface area contributed by atoms with Gasteiger partial charge in [0.05, 0.1) is 4.92 Å². The van der Waals surface area contributed by atoms with E-state index in [9.17, 15) is 24.5 Å². The van der Waals surface area contributed by atoms with Crippen LogP contribution in [0, 0.1) is 24.0 Å². The monoisotopic (exact) mass is 370 g/mol. The maximum absolute atomic E-state index is 12.0. The van der Waals surface area contributed by atoms with Crippen LogP contribution in [0.2, 0.25) is 0 Å². The zero-order valence-corrected chi connectivity index (χ0v) is 14.9. The number of carbonyl (C=O) groups is 3. The minimum absolute atomic E-state index is 0.0731. The molecule has 0 aromatic heterocycles. The van der Waals surface area contributed by atoms with Gasteiger partial charge in [-0.1, -0.05) is 29.8 Å². The second-order valence-electron chi connectivity index (χ2n) is 5.89. The molecule has 8 nitrogen and oxygen atoms in total. The number of nitrogens with one attached hydrogen (secondary N) is 1. The van der Waals surface area contributed by atoms with Crippen LogP contribution in [0.15, 0.2) is 42.5 Å². The number of nitro groups is 1. The van der Waals surface area contributed by atoms with Gasteiger partial charge >= 0.3 is 5.97 Å². The fourth-order valence-corrected chi connectivity index (χ4v) is 2.30. The van der Waals surface area contributed by atoms with E-state index in [2.05, 4.69) is 5.32 Å². The molecule has 0 aliphatic heterocycles. The summed E-state index contributed by atoms with van der Waals surface area (Å²) in [6.07, 6.45) is 0. The lowest BCUT2D eigenvalue weighted by Gasteiger charge is -2.07. The quantitative estimate of drug-likeness (QED) is 0.346. The first-order chi connectivity index (χ1) is 12.8. The number of nitro benzene ring substituents is 1. The molecule has 0 saturated heterocycles. The van der Waals surface area contributed by atoms with Gasteiger partial charge in [-0.25, -0.2) is 0 Å². The molecule has 0 heterocycles. The Balaban J connectivity index is 1.86. The topological polar surface area (TPSA) is 116 Å². The molecule has 2 aromatic rings. The van der Waals surface area contributed by atoms with Crippen LogP contribution >= 0.6 is 0 Å². The fourth-order valence-electron chi connectivity index (χ4n) is 2.30. The molecule has 0 unspecified atom stereocenters. The average molecular weight is 370 g/mol. The third-order valence-corrected chi connectivity index (χ3v) is 3.77. The van der Waals surface area contributed by atoms with Gasteiger partial charge in [-0.2, -0.15) is 0 Å². The minimum atomic E-state index is -0.786. The van der Waals surface area contributed by atoms with E-state index in [1.165, 1.54) is 12.1 Å². The van der Waals surface area contributed by atoms with E-state index in [0.717, 1.165) is 11.6 Å². The highest BCUT2D eigenvalue weighted by molar-refractivity contribution is 5.99. The molecule has 0 fully saturated rings. The highest BCUT2D eigenvalue weighted by Gasteiger charge is 2.16. The zero-order valence-electron chi connectivity index (χ0n) is 14.9. The predicted molar refractivity (Wildman–Crippen MR) is 96.6 cm³/mol. The number of nitrogens with zero attached hydrogens (tertiary/aromatic N) is 1. The van der Waals surface area contributed by atoms with Crippen LogP contribution in [0.25, 0.3) is 0 Å². The van der Waals surface area contributed by atoms with Gasteiger partial charge in [-0.15, -0.1) is 0 Å². The number of ether oxygens (including phenoxy) is 1. The average Bonchev–Trinajstić information content (AvgIpc) is 2.64. The minimum Gasteiger partial charge on any atom is -0.456 e. The van der Waals surface area contributed by atoms with Gasteiger partial charge in [0.1, 0.15) is 6.54 Å². The summed E-state index contributed by atoms with van der Waals surface area (Å²) in [6.45, 7) is 2.43. The zero-order chi connectivity index (χ0) is 20.0. The Bertz CT molecular complexity index is 907. The predicted octanol–water partition coefficient (Wildman–Crippen LogP) is 2.37. The van der Waals surface area contributed by atoms with Crippen LogP contribution in [0.1, 0.15) is 31.8 Å². The van der Waals surface area contributed by atoms with Gasteiger partial charge in [0, 0.05) is 22.8 Å². The van der Waals surface area contributed by atoms with Crippen molar-refractivity contribution in [2.75, 3.05) is 13.2 Å². The largest absolute Gasteiger partial charge is 0.456 e. The van der Waals surface area contributed by atoms with Gasteiger partial charge < -0.3 is 10.1 Å². The van der Waals surface area contributed by atoms with E-state index < -0.39 is 35.7 Å². The molecule has 27 heavy (non-hydrogen) atoms. The second kappa shape index (κ2) is 8.70. The number of ketones is 1. The van der Waals surface area contributed by atoms with Crippen molar-refractivity contribution in [2.45, 2.75) is 13.8 Å². The van der Waals surface area contributed by atoms with Crippen molar-refractivity contribution in [1.29, 1.82) is 0 Å². The molecule has 0 aliphatic carbocycles. The number of amides is 1. The number of benzene rings is 2. The van der Waals surface area contributed by atoms with Crippen molar-refractivity contribution < 1.29 is 24.0 Å². The van der Waals surface area contributed by atoms with Gasteiger partial charge in [-0.3, -0.25) is 24.5 Å². The lowest BCUT2D eigenvalue weighted by Crippen LogP contribution is -2.31. The van der Waals surface area contributed by atoms with Gasteiger partial charge in [-0.05, 0) is 26.0 Å². The molecular weight excluding hydrogens is 352 g/mol. The van der Waals surface area contributed by atoms with E-state index in [1.54, 1.807) is 25.1 Å². The Morgan fingerprint density at radius 2 is 1.81 bits per heavy atom. The van der Waals surface area contributed by atoms with Crippen LogP contribution < -0.4 is 5.32 Å². The highest BCUT2D eigenvalue weighted by atomic mass is 16.6. The second-order valence-corrected chi connectivity index (χ2v) is 5.89. The molecule has 0 bridgehead atoms. The molecule has 1 amide bonds. The number of esters is 1. The van der Waals surface area contributed by atoms with Gasteiger partial charge in [0.15, 0.2) is 6.61 Å². The Kier molecular flexibility index (Phi) is 6.37. The highest BCUT2D eigenvalue weighted by Crippen LogP contribution is 2.19. The Labute approximate surface area is 155 Å². The Hall–Kier alpha value is -3.55. The van der Waals surface area contributed by atoms with E-state index in [4.69, 9.17) is 4.74 Å². The number of carbonyl (C=O) groups excluding carboxylic acids is 3. The van der Waals surface area contributed by atoms with Crippen molar-refractivity contribution in [3.63, 3.8) is 0 Å². The number of hydrogen-bond donors (Lipinski definition) is 1. The maximum Gasteiger partial charge on any atom is 0.325 e. The molecule has 0 spiro atoms. The van der Waals surface area contributed by atoms with Gasteiger partial charge in [0.25, 0.3) is 11.6 Å². The van der Waals surface area contributed by atoms with Crippen molar-refractivity contribution in [1.82, 2.24) is 5.32 Å². The van der Waals surface area contributed by atoms with E-state index >= 15 is 0 Å². The third-order valence-electron chi connectivity index (χ3n) is 3.77. The van der Waals surface area contributed by atoms with Crippen LogP contribution in [-0.4, -0.2) is 35.7 Å². The molecule has 0 atom stereocenters. The van der Waals surface area contributed by atoms with Crippen molar-refractivity contribution in [3.8, 4) is 0 Å². The Morgan fingerprint density at radius 3 is 2.48 bits per heavy atom. The van der Waals surface area contributed by atoms with E-state index in [-0.39, 0.29) is 11.3 Å². The summed E-state index contributed by atoms with van der Waals surface area (Å²) in [6, 6.07) is 10.9. The first-order valence-electron chi connectivity index (χ1n) is 8.06. The molecule has 1 N–H and O–H groups in total. The smallest absolute Gasteiger partial charge is 0.325 e. The normalized spacial score (nSPS) is 10.1. The standard InChI is InChI=1S/C19H18N2O6/c1-12-4-3-5-15(8-12)19(24)20-10-18(23)27-11-17(22)14-7-6-13(2)16(9-14)21(25)26/h3-9H,10-11H2,1-2H3,(H,20,24). The lowest BCUT2D eigenvalue weighted by atomic mass is 10.1. The number of rotatable bonds is 7. The van der Waals surface area contributed by atoms with E-state index in [1.807, 2.05) is 13.0 Å². The molecule has 0 saturated carbocycles. The van der Waals surface area contributed by atoms with Crippen LogP contribution in [0.4, 0.5) is 5.69 Å². The summed E-state index contributed by atoms with van der Waals surface area (Å²) in [5, 5.41) is 13.3. The van der Waals surface area contributed by atoms with Crippen molar-refractivity contribution >= 4 is 23.3 Å². The number of aryl methyl sites for hydroxylation is 2. The summed E-state index contributed by atoms with van der Waals surface area (Å²) in [7, 11) is 0.